The number of unbranched alkanes of at least 4 members (excludes halogenated alkanes) is 1. The van der Waals surface area contributed by atoms with E-state index >= 15 is 0 Å². The van der Waals surface area contributed by atoms with E-state index in [0.29, 0.717) is 13.0 Å². The molecule has 1 aliphatic rings. The van der Waals surface area contributed by atoms with Crippen LogP contribution in [0, 0.1) is 0 Å². The molecule has 0 aromatic rings. The fourth-order valence-corrected chi connectivity index (χ4v) is 1.65. The van der Waals surface area contributed by atoms with E-state index in [2.05, 4.69) is 21.1 Å². The Balaban J connectivity index is 2.09. The van der Waals surface area contributed by atoms with Gasteiger partial charge in [0.25, 0.3) is 5.91 Å². The minimum Gasteiger partial charge on any atom is -0.314 e. The van der Waals surface area contributed by atoms with Crippen molar-refractivity contribution in [2.75, 3.05) is 32.7 Å². The zero-order chi connectivity index (χ0) is 12.5. The number of piperazine rings is 1. The number of nitrogens with one attached hydrogen (secondary N) is 3. The molecule has 0 bridgehead atoms. The predicted octanol–water partition coefficient (Wildman–Crippen LogP) is -0.771. The van der Waals surface area contributed by atoms with Crippen molar-refractivity contribution in [1.82, 2.24) is 21.1 Å². The molecule has 1 aliphatic heterocycles. The minimum absolute atomic E-state index is 0.125. The van der Waals surface area contributed by atoms with Gasteiger partial charge in [0, 0.05) is 32.6 Å². The maximum absolute atomic E-state index is 11.5. The fourth-order valence-electron chi connectivity index (χ4n) is 1.65. The van der Waals surface area contributed by atoms with Crippen molar-refractivity contribution < 1.29 is 9.59 Å². The van der Waals surface area contributed by atoms with Crippen molar-refractivity contribution >= 4 is 11.8 Å². The third-order valence-electron chi connectivity index (χ3n) is 2.68. The largest absolute Gasteiger partial charge is 0.314 e. The lowest BCUT2D eigenvalue weighted by molar-refractivity contribution is -0.129. The zero-order valence-corrected chi connectivity index (χ0v) is 10.4. The Bertz CT molecular complexity index is 252. The highest BCUT2D eigenvalue weighted by Crippen LogP contribution is 1.92. The second-order valence-electron chi connectivity index (χ2n) is 4.23. The van der Waals surface area contributed by atoms with Gasteiger partial charge in [-0.05, 0) is 6.42 Å². The van der Waals surface area contributed by atoms with E-state index in [0.717, 1.165) is 39.0 Å². The summed E-state index contributed by atoms with van der Waals surface area (Å²) in [4.78, 5) is 24.8. The van der Waals surface area contributed by atoms with Crippen LogP contribution in [0.1, 0.15) is 26.2 Å². The molecule has 0 aliphatic carbocycles. The van der Waals surface area contributed by atoms with E-state index in [9.17, 15) is 9.59 Å². The molecular formula is C11H22N4O2. The number of hydrogen-bond acceptors (Lipinski definition) is 4. The summed E-state index contributed by atoms with van der Waals surface area (Å²) in [7, 11) is 0. The molecule has 1 fully saturated rings. The zero-order valence-electron chi connectivity index (χ0n) is 10.4. The lowest BCUT2D eigenvalue weighted by atomic mass is 10.2. The molecule has 17 heavy (non-hydrogen) atoms. The molecule has 0 saturated carbocycles. The molecule has 0 unspecified atom stereocenters. The van der Waals surface area contributed by atoms with Gasteiger partial charge < -0.3 is 5.32 Å². The van der Waals surface area contributed by atoms with Gasteiger partial charge in [-0.3, -0.25) is 25.3 Å². The van der Waals surface area contributed by atoms with Gasteiger partial charge in [-0.2, -0.15) is 0 Å². The summed E-state index contributed by atoms with van der Waals surface area (Å²) in [6.45, 7) is 5.94. The second-order valence-corrected chi connectivity index (χ2v) is 4.23. The van der Waals surface area contributed by atoms with Gasteiger partial charge in [-0.15, -0.1) is 0 Å². The van der Waals surface area contributed by atoms with Gasteiger partial charge in [-0.1, -0.05) is 13.3 Å². The molecule has 0 radical (unpaired) electrons. The Morgan fingerprint density at radius 3 is 2.47 bits per heavy atom. The van der Waals surface area contributed by atoms with Crippen LogP contribution in [0.3, 0.4) is 0 Å². The van der Waals surface area contributed by atoms with Crippen molar-refractivity contribution in [2.24, 2.45) is 0 Å². The van der Waals surface area contributed by atoms with Crippen LogP contribution in [0.4, 0.5) is 0 Å². The molecular weight excluding hydrogens is 220 g/mol. The van der Waals surface area contributed by atoms with Crippen LogP contribution in [0.25, 0.3) is 0 Å². The molecule has 2 amide bonds. The van der Waals surface area contributed by atoms with Crippen LogP contribution in [0.5, 0.6) is 0 Å². The van der Waals surface area contributed by atoms with Crippen LogP contribution in [0.15, 0.2) is 0 Å². The van der Waals surface area contributed by atoms with Crippen molar-refractivity contribution in [3.05, 3.63) is 0 Å². The van der Waals surface area contributed by atoms with Gasteiger partial charge in [0.15, 0.2) is 0 Å². The standard InChI is InChI=1S/C11H22N4O2/c1-2-3-4-10(16)13-14-11(17)9-15-7-5-12-6-8-15/h12H,2-9H2,1H3,(H,13,16)(H,14,17). The van der Waals surface area contributed by atoms with Crippen molar-refractivity contribution in [3.8, 4) is 0 Å². The van der Waals surface area contributed by atoms with Crippen LogP contribution in [0.2, 0.25) is 0 Å². The molecule has 1 rings (SSSR count). The molecule has 0 spiro atoms. The quantitative estimate of drug-likeness (QED) is 0.554. The monoisotopic (exact) mass is 242 g/mol. The Hall–Kier alpha value is -1.14. The molecule has 6 heteroatoms. The molecule has 3 N–H and O–H groups in total. The number of amides is 2. The van der Waals surface area contributed by atoms with Gasteiger partial charge in [0.05, 0.1) is 6.54 Å². The Morgan fingerprint density at radius 2 is 1.82 bits per heavy atom. The molecule has 0 aromatic heterocycles. The van der Waals surface area contributed by atoms with Crippen LogP contribution >= 0.6 is 0 Å². The normalized spacial score (nSPS) is 16.5. The van der Waals surface area contributed by atoms with Crippen LogP contribution in [-0.2, 0) is 9.59 Å². The van der Waals surface area contributed by atoms with Crippen LogP contribution < -0.4 is 16.2 Å². The van der Waals surface area contributed by atoms with Gasteiger partial charge in [0.1, 0.15) is 0 Å². The summed E-state index contributed by atoms with van der Waals surface area (Å²) >= 11 is 0. The van der Waals surface area contributed by atoms with E-state index in [-0.39, 0.29) is 11.8 Å². The van der Waals surface area contributed by atoms with Gasteiger partial charge in [-0.25, -0.2) is 0 Å². The van der Waals surface area contributed by atoms with E-state index in [1.807, 2.05) is 6.92 Å². The molecule has 1 heterocycles. The number of nitrogens with zero attached hydrogens (tertiary/aromatic N) is 1. The molecule has 1 saturated heterocycles. The summed E-state index contributed by atoms with van der Waals surface area (Å²) in [5.41, 5.74) is 4.86. The number of carbonyl (C=O) groups is 2. The number of carbonyl (C=O) groups excluding carboxylic acids is 2. The fraction of sp³-hybridized carbons (Fsp3) is 0.818. The van der Waals surface area contributed by atoms with Gasteiger partial charge in [0.2, 0.25) is 5.91 Å². The highest BCUT2D eigenvalue weighted by atomic mass is 16.2. The summed E-state index contributed by atoms with van der Waals surface area (Å²) in [6, 6.07) is 0. The van der Waals surface area contributed by atoms with E-state index < -0.39 is 0 Å². The Labute approximate surface area is 102 Å². The number of hydrazine groups is 1. The average Bonchev–Trinajstić information content (AvgIpc) is 2.35. The SMILES string of the molecule is CCCCC(=O)NNC(=O)CN1CCNCC1. The maximum atomic E-state index is 11.5. The second kappa shape index (κ2) is 8.03. The lowest BCUT2D eigenvalue weighted by Crippen LogP contribution is -2.50. The highest BCUT2D eigenvalue weighted by Gasteiger charge is 2.13. The smallest absolute Gasteiger partial charge is 0.252 e. The van der Waals surface area contributed by atoms with Gasteiger partial charge >= 0.3 is 0 Å². The Morgan fingerprint density at radius 1 is 1.18 bits per heavy atom. The molecule has 0 aromatic carbocycles. The number of rotatable bonds is 5. The highest BCUT2D eigenvalue weighted by molar-refractivity contribution is 5.82. The summed E-state index contributed by atoms with van der Waals surface area (Å²) in [5, 5.41) is 3.22. The van der Waals surface area contributed by atoms with E-state index in [1.54, 1.807) is 0 Å². The molecule has 6 nitrogen and oxygen atoms in total. The number of hydrogen-bond donors (Lipinski definition) is 3. The van der Waals surface area contributed by atoms with Crippen LogP contribution in [-0.4, -0.2) is 49.4 Å². The topological polar surface area (TPSA) is 73.5 Å². The van der Waals surface area contributed by atoms with E-state index in [1.165, 1.54) is 0 Å². The first-order chi connectivity index (χ1) is 8.22. The average molecular weight is 242 g/mol. The molecule has 0 atom stereocenters. The predicted molar refractivity (Wildman–Crippen MR) is 65.1 cm³/mol. The first-order valence-corrected chi connectivity index (χ1v) is 6.23. The van der Waals surface area contributed by atoms with Crippen molar-refractivity contribution in [2.45, 2.75) is 26.2 Å². The summed E-state index contributed by atoms with van der Waals surface area (Å²) in [6.07, 6.45) is 2.28. The van der Waals surface area contributed by atoms with E-state index in [4.69, 9.17) is 0 Å². The first-order valence-electron chi connectivity index (χ1n) is 6.23. The van der Waals surface area contributed by atoms with Crippen molar-refractivity contribution in [3.63, 3.8) is 0 Å². The first kappa shape index (κ1) is 13.9. The Kier molecular flexibility index (Phi) is 6.57. The third-order valence-corrected chi connectivity index (χ3v) is 2.68. The summed E-state index contributed by atoms with van der Waals surface area (Å²) < 4.78 is 0. The third kappa shape index (κ3) is 6.23. The summed E-state index contributed by atoms with van der Waals surface area (Å²) in [5.74, 6) is -0.280. The minimum atomic E-state index is -0.156. The molecule has 98 valence electrons. The maximum Gasteiger partial charge on any atom is 0.252 e. The lowest BCUT2D eigenvalue weighted by Gasteiger charge is -2.26. The van der Waals surface area contributed by atoms with Crippen molar-refractivity contribution in [1.29, 1.82) is 0 Å².